The van der Waals surface area contributed by atoms with E-state index in [1.807, 2.05) is 0 Å². The molecule has 1 aliphatic rings. The van der Waals surface area contributed by atoms with Gasteiger partial charge in [0.15, 0.2) is 6.20 Å². The van der Waals surface area contributed by atoms with Crippen molar-refractivity contribution < 1.29 is 9.52 Å². The molecule has 2 atom stereocenters. The molecule has 0 radical (unpaired) electrons. The molecule has 0 aromatic carbocycles. The number of aromatic nitrogens is 1. The van der Waals surface area contributed by atoms with Crippen LogP contribution in [0.25, 0.3) is 0 Å². The van der Waals surface area contributed by atoms with Crippen molar-refractivity contribution in [1.82, 2.24) is 5.32 Å². The number of hydrogen-bond donors (Lipinski definition) is 1. The van der Waals surface area contributed by atoms with Crippen molar-refractivity contribution >= 4 is 5.91 Å². The molecule has 0 bridgehead atoms. The molecule has 1 aromatic heterocycles. The lowest BCUT2D eigenvalue weighted by atomic mass is 9.87. The van der Waals surface area contributed by atoms with Gasteiger partial charge in [-0.1, -0.05) is 19.8 Å². The van der Waals surface area contributed by atoms with Gasteiger partial charge < -0.3 is 10.5 Å². The lowest BCUT2D eigenvalue weighted by Crippen LogP contribution is -2.44. The Kier molecular flexibility index (Phi) is 3.61. The molecular weight excluding hydrogens is 216 g/mol. The standard InChI is InChI=1S/C13H18N2O2/c1-10-5-4-6-11(9-10)14-13(16)12-7-2-3-8-15(12)17/h2-3,7-8,10-11H,4-6,9H2,1H3,(H,14,16). The van der Waals surface area contributed by atoms with E-state index in [4.69, 9.17) is 0 Å². The van der Waals surface area contributed by atoms with Gasteiger partial charge in [0.1, 0.15) is 0 Å². The molecule has 0 saturated heterocycles. The summed E-state index contributed by atoms with van der Waals surface area (Å²) >= 11 is 0. The summed E-state index contributed by atoms with van der Waals surface area (Å²) in [5.41, 5.74) is 0.172. The Morgan fingerprint density at radius 2 is 2.29 bits per heavy atom. The summed E-state index contributed by atoms with van der Waals surface area (Å²) in [5, 5.41) is 14.4. The van der Waals surface area contributed by atoms with Gasteiger partial charge >= 0.3 is 5.91 Å². The maximum atomic E-state index is 11.9. The van der Waals surface area contributed by atoms with Crippen LogP contribution in [0, 0.1) is 11.1 Å². The second-order valence-electron chi connectivity index (χ2n) is 4.85. The first-order chi connectivity index (χ1) is 8.16. The predicted octanol–water partition coefficient (Wildman–Crippen LogP) is 1.63. The second-order valence-corrected chi connectivity index (χ2v) is 4.85. The summed E-state index contributed by atoms with van der Waals surface area (Å²) in [6.07, 6.45) is 5.76. The van der Waals surface area contributed by atoms with Crippen LogP contribution < -0.4 is 10.0 Å². The first kappa shape index (κ1) is 11.9. The molecule has 0 spiro atoms. The Morgan fingerprint density at radius 3 is 3.00 bits per heavy atom. The molecule has 4 nitrogen and oxygen atoms in total. The van der Waals surface area contributed by atoms with Crippen molar-refractivity contribution in [1.29, 1.82) is 0 Å². The molecule has 1 heterocycles. The fourth-order valence-electron chi connectivity index (χ4n) is 2.43. The van der Waals surface area contributed by atoms with Gasteiger partial charge in [-0.25, -0.2) is 0 Å². The van der Waals surface area contributed by atoms with E-state index < -0.39 is 0 Å². The van der Waals surface area contributed by atoms with Crippen LogP contribution in [0.3, 0.4) is 0 Å². The molecule has 2 unspecified atom stereocenters. The zero-order valence-corrected chi connectivity index (χ0v) is 10.1. The van der Waals surface area contributed by atoms with Crippen molar-refractivity contribution in [3.8, 4) is 0 Å². The highest BCUT2D eigenvalue weighted by atomic mass is 16.5. The average Bonchev–Trinajstić information content (AvgIpc) is 2.29. The Morgan fingerprint density at radius 1 is 1.47 bits per heavy atom. The first-order valence-electron chi connectivity index (χ1n) is 6.16. The first-order valence-corrected chi connectivity index (χ1v) is 6.16. The third-order valence-electron chi connectivity index (χ3n) is 3.33. The van der Waals surface area contributed by atoms with Crippen molar-refractivity contribution in [2.45, 2.75) is 38.6 Å². The summed E-state index contributed by atoms with van der Waals surface area (Å²) in [7, 11) is 0. The number of hydrogen-bond acceptors (Lipinski definition) is 2. The highest BCUT2D eigenvalue weighted by Crippen LogP contribution is 2.23. The van der Waals surface area contributed by atoms with Crippen molar-refractivity contribution in [2.24, 2.45) is 5.92 Å². The second kappa shape index (κ2) is 5.17. The molecule has 1 saturated carbocycles. The van der Waals surface area contributed by atoms with E-state index in [-0.39, 0.29) is 17.6 Å². The topological polar surface area (TPSA) is 56.0 Å². The number of amides is 1. The van der Waals surface area contributed by atoms with E-state index in [1.54, 1.807) is 18.2 Å². The van der Waals surface area contributed by atoms with E-state index >= 15 is 0 Å². The molecule has 1 aliphatic carbocycles. The third kappa shape index (κ3) is 2.96. The number of carbonyl (C=O) groups excluding carboxylic acids is 1. The Labute approximate surface area is 101 Å². The molecule has 1 fully saturated rings. The molecule has 0 aliphatic heterocycles. The molecule has 17 heavy (non-hydrogen) atoms. The zero-order chi connectivity index (χ0) is 12.3. The van der Waals surface area contributed by atoms with E-state index in [0.717, 1.165) is 19.3 Å². The highest BCUT2D eigenvalue weighted by molar-refractivity contribution is 5.91. The van der Waals surface area contributed by atoms with Crippen LogP contribution >= 0.6 is 0 Å². The van der Waals surface area contributed by atoms with Crippen LogP contribution in [-0.2, 0) is 0 Å². The molecular formula is C13H18N2O2. The highest BCUT2D eigenvalue weighted by Gasteiger charge is 2.23. The number of pyridine rings is 1. The minimum Gasteiger partial charge on any atom is -0.618 e. The summed E-state index contributed by atoms with van der Waals surface area (Å²) in [5.74, 6) is 0.392. The fourth-order valence-corrected chi connectivity index (χ4v) is 2.43. The molecule has 1 aromatic rings. The van der Waals surface area contributed by atoms with Gasteiger partial charge in [0.25, 0.3) is 5.69 Å². The maximum absolute atomic E-state index is 11.9. The third-order valence-corrected chi connectivity index (χ3v) is 3.33. The van der Waals surface area contributed by atoms with E-state index in [2.05, 4.69) is 12.2 Å². The summed E-state index contributed by atoms with van der Waals surface area (Å²) < 4.78 is 0.613. The van der Waals surface area contributed by atoms with Gasteiger partial charge in [-0.2, -0.15) is 4.73 Å². The van der Waals surface area contributed by atoms with Gasteiger partial charge in [-0.3, -0.25) is 4.79 Å². The van der Waals surface area contributed by atoms with Crippen LogP contribution in [0.15, 0.2) is 24.4 Å². The maximum Gasteiger partial charge on any atom is 0.317 e. The summed E-state index contributed by atoms with van der Waals surface area (Å²) in [6, 6.07) is 5.08. The number of nitrogens with one attached hydrogen (secondary N) is 1. The summed E-state index contributed by atoms with van der Waals surface area (Å²) in [6.45, 7) is 2.20. The predicted molar refractivity (Wildman–Crippen MR) is 64.3 cm³/mol. The quantitative estimate of drug-likeness (QED) is 0.624. The van der Waals surface area contributed by atoms with Crippen LogP contribution in [0.1, 0.15) is 43.1 Å². The Bertz CT molecular complexity index is 406. The monoisotopic (exact) mass is 234 g/mol. The van der Waals surface area contributed by atoms with Crippen molar-refractivity contribution in [3.05, 3.63) is 35.3 Å². The minimum atomic E-state index is -0.264. The van der Waals surface area contributed by atoms with Gasteiger partial charge in [0, 0.05) is 18.2 Å². The van der Waals surface area contributed by atoms with Gasteiger partial charge in [-0.05, 0) is 24.8 Å². The van der Waals surface area contributed by atoms with Crippen LogP contribution in [0.2, 0.25) is 0 Å². The summed E-state index contributed by atoms with van der Waals surface area (Å²) in [4.78, 5) is 11.9. The lowest BCUT2D eigenvalue weighted by molar-refractivity contribution is -0.607. The van der Waals surface area contributed by atoms with Gasteiger partial charge in [0.05, 0.1) is 0 Å². The van der Waals surface area contributed by atoms with Crippen LogP contribution in [0.5, 0.6) is 0 Å². The Hall–Kier alpha value is -1.58. The van der Waals surface area contributed by atoms with Crippen molar-refractivity contribution in [3.63, 3.8) is 0 Å². The lowest BCUT2D eigenvalue weighted by Gasteiger charge is -2.27. The largest absolute Gasteiger partial charge is 0.618 e. The van der Waals surface area contributed by atoms with Crippen LogP contribution in [0.4, 0.5) is 0 Å². The molecule has 4 heteroatoms. The van der Waals surface area contributed by atoms with Crippen molar-refractivity contribution in [2.75, 3.05) is 0 Å². The fraction of sp³-hybridized carbons (Fsp3) is 0.538. The average molecular weight is 234 g/mol. The zero-order valence-electron chi connectivity index (χ0n) is 10.1. The SMILES string of the molecule is CC1CCCC(NC(=O)c2cccc[n+]2[O-])C1. The number of carbonyl (C=O) groups is 1. The van der Waals surface area contributed by atoms with Crippen LogP contribution in [-0.4, -0.2) is 11.9 Å². The molecule has 92 valence electrons. The Balaban J connectivity index is 1.99. The molecule has 2 rings (SSSR count). The smallest absolute Gasteiger partial charge is 0.317 e. The van der Waals surface area contributed by atoms with E-state index in [1.165, 1.54) is 12.6 Å². The van der Waals surface area contributed by atoms with Gasteiger partial charge in [0.2, 0.25) is 0 Å². The normalized spacial score (nSPS) is 24.3. The number of rotatable bonds is 2. The number of nitrogens with zero attached hydrogens (tertiary/aromatic N) is 1. The minimum absolute atomic E-state index is 0.172. The van der Waals surface area contributed by atoms with E-state index in [9.17, 15) is 10.0 Å². The molecule has 1 N–H and O–H groups in total. The van der Waals surface area contributed by atoms with Gasteiger partial charge in [-0.15, -0.1) is 0 Å². The molecule has 1 amide bonds. The van der Waals surface area contributed by atoms with E-state index in [0.29, 0.717) is 10.6 Å².